The first kappa shape index (κ1) is 6.90. The summed E-state index contributed by atoms with van der Waals surface area (Å²) >= 11 is 0. The van der Waals surface area contributed by atoms with Gasteiger partial charge in [0.1, 0.15) is 0 Å². The molecule has 0 radical (unpaired) electrons. The molecule has 2 aliphatic rings. The molecule has 0 bridgehead atoms. The van der Waals surface area contributed by atoms with Crippen LogP contribution < -0.4 is 0 Å². The minimum absolute atomic E-state index is 0.868. The van der Waals surface area contributed by atoms with E-state index in [0.717, 1.165) is 12.3 Å². The highest BCUT2D eigenvalue weighted by Crippen LogP contribution is 2.33. The molecule has 0 aromatic carbocycles. The van der Waals surface area contributed by atoms with Crippen LogP contribution in [-0.4, -0.2) is 0 Å². The van der Waals surface area contributed by atoms with Crippen molar-refractivity contribution in [1.29, 1.82) is 0 Å². The molecule has 11 heavy (non-hydrogen) atoms. The molecule has 0 unspecified atom stereocenters. The molecule has 0 atom stereocenters. The molecule has 0 amide bonds. The molecule has 0 aromatic rings. The van der Waals surface area contributed by atoms with E-state index in [0.29, 0.717) is 0 Å². The van der Waals surface area contributed by atoms with Gasteiger partial charge < -0.3 is 0 Å². The summed E-state index contributed by atoms with van der Waals surface area (Å²) < 4.78 is 0. The zero-order valence-electron chi connectivity index (χ0n) is 7.01. The first-order valence-corrected chi connectivity index (χ1v) is 4.41. The lowest BCUT2D eigenvalue weighted by atomic mass is 10.1. The average molecular weight is 146 g/mol. The molecule has 0 spiro atoms. The van der Waals surface area contributed by atoms with E-state index < -0.39 is 0 Å². The van der Waals surface area contributed by atoms with E-state index in [1.165, 1.54) is 12.8 Å². The Morgan fingerprint density at radius 1 is 1.09 bits per heavy atom. The minimum atomic E-state index is 0.868. The molecule has 0 nitrogen and oxygen atoms in total. The summed E-state index contributed by atoms with van der Waals surface area (Å²) in [7, 11) is 0. The van der Waals surface area contributed by atoms with Gasteiger partial charge in [-0.3, -0.25) is 0 Å². The Bertz CT molecular complexity index is 217. The van der Waals surface area contributed by atoms with E-state index in [1.807, 2.05) is 0 Å². The topological polar surface area (TPSA) is 0 Å². The van der Waals surface area contributed by atoms with Crippen molar-refractivity contribution in [3.05, 3.63) is 35.5 Å². The van der Waals surface area contributed by atoms with Crippen LogP contribution in [-0.2, 0) is 0 Å². The van der Waals surface area contributed by atoms with Crippen LogP contribution in [0.3, 0.4) is 0 Å². The Kier molecular flexibility index (Phi) is 1.69. The fourth-order valence-electron chi connectivity index (χ4n) is 1.93. The maximum absolute atomic E-state index is 2.33. The highest BCUT2D eigenvalue weighted by Gasteiger charge is 2.17. The molecule has 0 aromatic heterocycles. The predicted molar refractivity (Wildman–Crippen MR) is 48.3 cm³/mol. The molecule has 0 N–H and O–H groups in total. The van der Waals surface area contributed by atoms with Crippen molar-refractivity contribution in [3.8, 4) is 0 Å². The number of rotatable bonds is 0. The summed E-state index contributed by atoms with van der Waals surface area (Å²) in [5.74, 6) is 0.868. The number of allylic oxidation sites excluding steroid dienone is 6. The van der Waals surface area contributed by atoms with Crippen molar-refractivity contribution < 1.29 is 0 Å². The Morgan fingerprint density at radius 2 is 1.64 bits per heavy atom. The van der Waals surface area contributed by atoms with Crippen LogP contribution in [0.15, 0.2) is 35.5 Å². The monoisotopic (exact) mass is 146 g/mol. The lowest BCUT2D eigenvalue weighted by Gasteiger charge is -1.97. The van der Waals surface area contributed by atoms with Crippen molar-refractivity contribution in [2.75, 3.05) is 0 Å². The smallest absolute Gasteiger partial charge is 0.0163 e. The van der Waals surface area contributed by atoms with Gasteiger partial charge in [0.2, 0.25) is 0 Å². The highest BCUT2D eigenvalue weighted by molar-refractivity contribution is 5.39. The van der Waals surface area contributed by atoms with Crippen molar-refractivity contribution in [2.45, 2.75) is 26.2 Å². The molecule has 0 saturated carbocycles. The van der Waals surface area contributed by atoms with E-state index in [2.05, 4.69) is 31.2 Å². The van der Waals surface area contributed by atoms with Crippen LogP contribution >= 0.6 is 0 Å². The quantitative estimate of drug-likeness (QED) is 0.492. The molecule has 0 fully saturated rings. The van der Waals surface area contributed by atoms with E-state index in [9.17, 15) is 0 Å². The third kappa shape index (κ3) is 1.30. The van der Waals surface area contributed by atoms with Crippen LogP contribution in [0.4, 0.5) is 0 Å². The molecule has 0 saturated heterocycles. The van der Waals surface area contributed by atoms with Gasteiger partial charge in [0, 0.05) is 0 Å². The van der Waals surface area contributed by atoms with Crippen LogP contribution in [0.2, 0.25) is 0 Å². The molecular weight excluding hydrogens is 132 g/mol. The predicted octanol–water partition coefficient (Wildman–Crippen LogP) is 3.23. The molecule has 2 rings (SSSR count). The first-order chi connectivity index (χ1) is 5.36. The fraction of sp³-hybridized carbons (Fsp3) is 0.455. The van der Waals surface area contributed by atoms with E-state index >= 15 is 0 Å². The molecular formula is C11H14. The summed E-state index contributed by atoms with van der Waals surface area (Å²) in [6.45, 7) is 2.33. The second-order valence-electron chi connectivity index (χ2n) is 3.60. The van der Waals surface area contributed by atoms with Gasteiger partial charge in [0.15, 0.2) is 0 Å². The van der Waals surface area contributed by atoms with Crippen molar-refractivity contribution in [1.82, 2.24) is 0 Å². The van der Waals surface area contributed by atoms with Crippen molar-refractivity contribution >= 4 is 0 Å². The maximum atomic E-state index is 2.33. The molecule has 2 aliphatic carbocycles. The standard InChI is InChI=1S/C11H14/c1-9-7-10-5-3-2-4-6-11(10)8-9/h3-6,9H,2,7-8H2,1H3. The second-order valence-corrected chi connectivity index (χ2v) is 3.60. The third-order valence-corrected chi connectivity index (χ3v) is 2.46. The normalized spacial score (nSPS) is 24.1. The zero-order chi connectivity index (χ0) is 7.68. The van der Waals surface area contributed by atoms with Gasteiger partial charge in [0.25, 0.3) is 0 Å². The number of hydrogen-bond donors (Lipinski definition) is 0. The van der Waals surface area contributed by atoms with Gasteiger partial charge in [-0.15, -0.1) is 0 Å². The van der Waals surface area contributed by atoms with Gasteiger partial charge in [-0.25, -0.2) is 0 Å². The molecule has 0 heteroatoms. The average Bonchev–Trinajstić information content (AvgIpc) is 2.17. The Morgan fingerprint density at radius 3 is 2.18 bits per heavy atom. The zero-order valence-corrected chi connectivity index (χ0v) is 7.01. The Hall–Kier alpha value is -0.780. The lowest BCUT2D eigenvalue weighted by molar-refractivity contribution is 0.626. The Labute approximate surface area is 68.3 Å². The van der Waals surface area contributed by atoms with Gasteiger partial charge >= 0.3 is 0 Å². The van der Waals surface area contributed by atoms with Crippen LogP contribution in [0, 0.1) is 5.92 Å². The summed E-state index contributed by atoms with van der Waals surface area (Å²) in [4.78, 5) is 0. The van der Waals surface area contributed by atoms with Gasteiger partial charge in [0.05, 0.1) is 0 Å². The molecule has 0 aliphatic heterocycles. The van der Waals surface area contributed by atoms with Crippen LogP contribution in [0.25, 0.3) is 0 Å². The van der Waals surface area contributed by atoms with Crippen LogP contribution in [0.1, 0.15) is 26.2 Å². The van der Waals surface area contributed by atoms with Gasteiger partial charge in [-0.05, 0) is 36.3 Å². The van der Waals surface area contributed by atoms with E-state index in [4.69, 9.17) is 0 Å². The van der Waals surface area contributed by atoms with Crippen molar-refractivity contribution in [3.63, 3.8) is 0 Å². The molecule has 0 heterocycles. The number of hydrogen-bond acceptors (Lipinski definition) is 0. The Balaban J connectivity index is 2.28. The second kappa shape index (κ2) is 2.69. The largest absolute Gasteiger partial charge is 0.0805 e. The summed E-state index contributed by atoms with van der Waals surface area (Å²) in [6, 6.07) is 0. The van der Waals surface area contributed by atoms with E-state index in [-0.39, 0.29) is 0 Å². The minimum Gasteiger partial charge on any atom is -0.0805 e. The SMILES string of the molecule is CC1CC2=C(C=CCC=C2)C1. The highest BCUT2D eigenvalue weighted by atomic mass is 14.2. The third-order valence-electron chi connectivity index (χ3n) is 2.46. The summed E-state index contributed by atoms with van der Waals surface area (Å²) in [5.41, 5.74) is 3.15. The van der Waals surface area contributed by atoms with Crippen LogP contribution in [0.5, 0.6) is 0 Å². The van der Waals surface area contributed by atoms with Crippen molar-refractivity contribution in [2.24, 2.45) is 5.92 Å². The lowest BCUT2D eigenvalue weighted by Crippen LogP contribution is -1.84. The van der Waals surface area contributed by atoms with E-state index in [1.54, 1.807) is 11.1 Å². The maximum Gasteiger partial charge on any atom is -0.0163 e. The summed E-state index contributed by atoms with van der Waals surface area (Å²) in [6.07, 6.45) is 12.8. The van der Waals surface area contributed by atoms with Gasteiger partial charge in [-0.1, -0.05) is 31.2 Å². The summed E-state index contributed by atoms with van der Waals surface area (Å²) in [5, 5.41) is 0. The first-order valence-electron chi connectivity index (χ1n) is 4.41. The molecule has 58 valence electrons. The van der Waals surface area contributed by atoms with Gasteiger partial charge in [-0.2, -0.15) is 0 Å². The fourth-order valence-corrected chi connectivity index (χ4v) is 1.93.